The van der Waals surface area contributed by atoms with Crippen LogP contribution in [0, 0.1) is 6.92 Å². The summed E-state index contributed by atoms with van der Waals surface area (Å²) >= 11 is 0. The number of ether oxygens (including phenoxy) is 2. The van der Waals surface area contributed by atoms with Gasteiger partial charge in [-0.1, -0.05) is 6.07 Å². The second-order valence-electron chi connectivity index (χ2n) is 6.96. The molecule has 7 heteroatoms. The molecule has 2 aromatic heterocycles. The maximum Gasteiger partial charge on any atom is 0.258 e. The monoisotopic (exact) mass is 419 g/mol. The van der Waals surface area contributed by atoms with E-state index in [0.717, 1.165) is 5.56 Å². The second kappa shape index (κ2) is 8.79. The lowest BCUT2D eigenvalue weighted by atomic mass is 10.1. The fourth-order valence-corrected chi connectivity index (χ4v) is 3.13. The van der Waals surface area contributed by atoms with Crippen LogP contribution in [-0.2, 0) is 11.3 Å². The van der Waals surface area contributed by atoms with Gasteiger partial charge in [0.2, 0.25) is 11.2 Å². The van der Waals surface area contributed by atoms with Crippen molar-refractivity contribution in [2.75, 3.05) is 13.7 Å². The van der Waals surface area contributed by atoms with E-state index >= 15 is 0 Å². The van der Waals surface area contributed by atoms with Gasteiger partial charge in [-0.15, -0.1) is 0 Å². The van der Waals surface area contributed by atoms with Crippen LogP contribution in [0.1, 0.15) is 11.3 Å². The van der Waals surface area contributed by atoms with Gasteiger partial charge in [-0.05, 0) is 61.0 Å². The van der Waals surface area contributed by atoms with E-state index in [2.05, 4.69) is 5.32 Å². The fraction of sp³-hybridized carbons (Fsp3) is 0.167. The zero-order valence-electron chi connectivity index (χ0n) is 17.1. The summed E-state index contributed by atoms with van der Waals surface area (Å²) in [6.07, 6.45) is 1.53. The SMILES string of the molecule is COc1ccc(-c2oc3cc(C)ccc3c(=O)c2OCC(=O)NCc2ccco2)cc1. The average molecular weight is 419 g/mol. The largest absolute Gasteiger partial charge is 0.497 e. The smallest absolute Gasteiger partial charge is 0.258 e. The standard InChI is InChI=1S/C24H21NO6/c1-15-5-10-19-20(12-15)31-23(16-6-8-17(28-2)9-7-16)24(22(19)27)30-14-21(26)25-13-18-4-3-11-29-18/h3-12H,13-14H2,1-2H3,(H,25,26). The molecule has 2 aromatic carbocycles. The highest BCUT2D eigenvalue weighted by Gasteiger charge is 2.19. The number of methoxy groups -OCH3 is 1. The Morgan fingerprint density at radius 1 is 1.10 bits per heavy atom. The molecule has 1 N–H and O–H groups in total. The van der Waals surface area contributed by atoms with Gasteiger partial charge >= 0.3 is 0 Å². The van der Waals surface area contributed by atoms with Crippen molar-refractivity contribution in [3.8, 4) is 22.8 Å². The van der Waals surface area contributed by atoms with Crippen molar-refractivity contribution in [1.29, 1.82) is 0 Å². The van der Waals surface area contributed by atoms with Gasteiger partial charge in [-0.25, -0.2) is 0 Å². The summed E-state index contributed by atoms with van der Waals surface area (Å²) in [5, 5.41) is 3.07. The molecule has 0 radical (unpaired) electrons. The fourth-order valence-electron chi connectivity index (χ4n) is 3.13. The molecule has 0 aliphatic carbocycles. The summed E-state index contributed by atoms with van der Waals surface area (Å²) in [5.41, 5.74) is 1.70. The highest BCUT2D eigenvalue weighted by molar-refractivity contribution is 5.83. The van der Waals surface area contributed by atoms with Gasteiger partial charge in [0, 0.05) is 5.56 Å². The number of fused-ring (bicyclic) bond motifs is 1. The number of carbonyl (C=O) groups excluding carboxylic acids is 1. The summed E-state index contributed by atoms with van der Waals surface area (Å²) in [5.74, 6) is 1.13. The Morgan fingerprint density at radius 2 is 1.90 bits per heavy atom. The first-order valence-electron chi connectivity index (χ1n) is 9.69. The molecule has 0 unspecified atom stereocenters. The highest BCUT2D eigenvalue weighted by Crippen LogP contribution is 2.32. The first kappa shape index (κ1) is 20.3. The Morgan fingerprint density at radius 3 is 2.61 bits per heavy atom. The molecule has 0 saturated heterocycles. The molecule has 7 nitrogen and oxygen atoms in total. The molecular weight excluding hydrogens is 398 g/mol. The number of hydrogen-bond donors (Lipinski definition) is 1. The van der Waals surface area contributed by atoms with Gasteiger partial charge in [0.05, 0.1) is 25.3 Å². The Hall–Kier alpha value is -4.00. The van der Waals surface area contributed by atoms with E-state index in [4.69, 9.17) is 18.3 Å². The minimum absolute atomic E-state index is 0.0188. The van der Waals surface area contributed by atoms with Gasteiger partial charge in [0.15, 0.2) is 12.4 Å². The number of benzene rings is 2. The third-order valence-corrected chi connectivity index (χ3v) is 4.75. The van der Waals surface area contributed by atoms with Crippen LogP contribution >= 0.6 is 0 Å². The molecule has 0 bridgehead atoms. The van der Waals surface area contributed by atoms with Crippen LogP contribution in [-0.4, -0.2) is 19.6 Å². The van der Waals surface area contributed by atoms with E-state index in [-0.39, 0.29) is 36.0 Å². The number of rotatable bonds is 7. The van der Waals surface area contributed by atoms with Gasteiger partial charge in [-0.2, -0.15) is 0 Å². The molecule has 0 saturated carbocycles. The number of furan rings is 1. The van der Waals surface area contributed by atoms with E-state index in [0.29, 0.717) is 28.0 Å². The number of amides is 1. The maximum atomic E-state index is 13.2. The summed E-state index contributed by atoms with van der Waals surface area (Å²) < 4.78 is 22.1. The van der Waals surface area contributed by atoms with E-state index in [1.165, 1.54) is 6.26 Å². The highest BCUT2D eigenvalue weighted by atomic mass is 16.5. The van der Waals surface area contributed by atoms with E-state index < -0.39 is 0 Å². The van der Waals surface area contributed by atoms with E-state index in [9.17, 15) is 9.59 Å². The third-order valence-electron chi connectivity index (χ3n) is 4.75. The molecule has 158 valence electrons. The molecule has 4 rings (SSSR count). The quantitative estimate of drug-likeness (QED) is 0.486. The van der Waals surface area contributed by atoms with Crippen molar-refractivity contribution < 1.29 is 23.1 Å². The molecular formula is C24H21NO6. The molecule has 31 heavy (non-hydrogen) atoms. The minimum Gasteiger partial charge on any atom is -0.497 e. The van der Waals surface area contributed by atoms with Crippen LogP contribution in [0.3, 0.4) is 0 Å². The maximum absolute atomic E-state index is 13.2. The van der Waals surface area contributed by atoms with Crippen LogP contribution in [0.2, 0.25) is 0 Å². The first-order chi connectivity index (χ1) is 15.0. The third kappa shape index (κ3) is 4.45. The van der Waals surface area contributed by atoms with Crippen LogP contribution in [0.4, 0.5) is 0 Å². The molecule has 2 heterocycles. The molecule has 0 aliphatic rings. The number of carbonyl (C=O) groups is 1. The van der Waals surface area contributed by atoms with Crippen molar-refractivity contribution in [2.45, 2.75) is 13.5 Å². The van der Waals surface area contributed by atoms with E-state index in [1.807, 2.05) is 13.0 Å². The van der Waals surface area contributed by atoms with Crippen molar-refractivity contribution in [3.63, 3.8) is 0 Å². The molecule has 0 aliphatic heterocycles. The molecule has 4 aromatic rings. The van der Waals surface area contributed by atoms with E-state index in [1.54, 1.807) is 55.6 Å². The molecule has 0 fully saturated rings. The number of aryl methyl sites for hydroxylation is 1. The molecule has 1 amide bonds. The zero-order chi connectivity index (χ0) is 21.8. The van der Waals surface area contributed by atoms with Crippen molar-refractivity contribution in [2.24, 2.45) is 0 Å². The lowest BCUT2D eigenvalue weighted by Crippen LogP contribution is -2.29. The summed E-state index contributed by atoms with van der Waals surface area (Å²) in [6.45, 7) is 1.80. The first-order valence-corrected chi connectivity index (χ1v) is 9.69. The summed E-state index contributed by atoms with van der Waals surface area (Å²) in [4.78, 5) is 25.4. The molecule has 0 atom stereocenters. The normalized spacial score (nSPS) is 10.8. The number of hydrogen-bond acceptors (Lipinski definition) is 6. The van der Waals surface area contributed by atoms with Crippen LogP contribution in [0.5, 0.6) is 11.5 Å². The van der Waals surface area contributed by atoms with Gasteiger partial charge in [0.1, 0.15) is 17.1 Å². The van der Waals surface area contributed by atoms with Gasteiger partial charge in [0.25, 0.3) is 5.91 Å². The van der Waals surface area contributed by atoms with Gasteiger partial charge < -0.3 is 23.6 Å². The predicted octanol–water partition coefficient (Wildman–Crippen LogP) is 4.07. The Labute approximate surface area is 178 Å². The van der Waals surface area contributed by atoms with Crippen molar-refractivity contribution in [1.82, 2.24) is 5.32 Å². The van der Waals surface area contributed by atoms with Crippen LogP contribution < -0.4 is 20.2 Å². The Balaban J connectivity index is 1.66. The Kier molecular flexibility index (Phi) is 5.75. The lowest BCUT2D eigenvalue weighted by molar-refractivity contribution is -0.123. The van der Waals surface area contributed by atoms with Crippen molar-refractivity contribution >= 4 is 16.9 Å². The van der Waals surface area contributed by atoms with Crippen LogP contribution in [0.15, 0.2) is 74.5 Å². The lowest BCUT2D eigenvalue weighted by Gasteiger charge is -2.12. The summed E-state index contributed by atoms with van der Waals surface area (Å²) in [7, 11) is 1.57. The van der Waals surface area contributed by atoms with Crippen molar-refractivity contribution in [3.05, 3.63) is 82.4 Å². The minimum atomic E-state index is -0.388. The second-order valence-corrected chi connectivity index (χ2v) is 6.96. The summed E-state index contributed by atoms with van der Waals surface area (Å²) in [6, 6.07) is 15.9. The zero-order valence-corrected chi connectivity index (χ0v) is 17.1. The topological polar surface area (TPSA) is 90.9 Å². The average Bonchev–Trinajstić information content (AvgIpc) is 3.30. The van der Waals surface area contributed by atoms with Crippen LogP contribution in [0.25, 0.3) is 22.3 Å². The molecule has 0 spiro atoms. The van der Waals surface area contributed by atoms with Gasteiger partial charge in [-0.3, -0.25) is 9.59 Å². The predicted molar refractivity (Wildman–Crippen MR) is 115 cm³/mol. The Bertz CT molecular complexity index is 1260. The number of nitrogens with one attached hydrogen (secondary N) is 1.